The fraction of sp³-hybridized carbons (Fsp3) is 0.278. The number of carbonyl (C=O) groups is 2. The fourth-order valence-electron chi connectivity index (χ4n) is 2.32. The van der Waals surface area contributed by atoms with Gasteiger partial charge >= 0.3 is 5.97 Å². The molecule has 0 fully saturated rings. The molecule has 2 aromatic rings. The highest BCUT2D eigenvalue weighted by atomic mass is 35.5. The number of nitrogens with zero attached hydrogens (tertiary/aromatic N) is 1. The number of rotatable bonds is 7. The molecule has 26 heavy (non-hydrogen) atoms. The van der Waals surface area contributed by atoms with E-state index in [1.54, 1.807) is 0 Å². The molecule has 1 amide bonds. The minimum Gasteiger partial charge on any atom is -0.451 e. The molecule has 1 N–H and O–H groups in total. The molecule has 1 heterocycles. The van der Waals surface area contributed by atoms with Crippen molar-refractivity contribution in [1.82, 2.24) is 10.3 Å². The fourth-order valence-corrected chi connectivity index (χ4v) is 2.88. The first-order chi connectivity index (χ1) is 12.4. The van der Waals surface area contributed by atoms with Crippen molar-refractivity contribution in [2.45, 2.75) is 25.8 Å². The molecular formula is C18H17Cl3N2O3. The van der Waals surface area contributed by atoms with Crippen molar-refractivity contribution in [3.63, 3.8) is 0 Å². The Morgan fingerprint density at radius 3 is 2.50 bits per heavy atom. The summed E-state index contributed by atoms with van der Waals surface area (Å²) in [5, 5.41) is 2.87. The first kappa shape index (κ1) is 20.5. The van der Waals surface area contributed by atoms with E-state index in [9.17, 15) is 9.59 Å². The smallest absolute Gasteiger partial charge is 0.359 e. The van der Waals surface area contributed by atoms with Gasteiger partial charge < -0.3 is 10.1 Å². The lowest BCUT2D eigenvalue weighted by atomic mass is 10.0. The number of pyridine rings is 1. The van der Waals surface area contributed by atoms with Crippen molar-refractivity contribution >= 4 is 46.7 Å². The number of halogens is 3. The highest BCUT2D eigenvalue weighted by Gasteiger charge is 2.20. The summed E-state index contributed by atoms with van der Waals surface area (Å²) in [6, 6.07) is 9.44. The van der Waals surface area contributed by atoms with Gasteiger partial charge in [0, 0.05) is 6.20 Å². The van der Waals surface area contributed by atoms with E-state index in [0.717, 1.165) is 18.4 Å². The van der Waals surface area contributed by atoms with Crippen LogP contribution in [-0.4, -0.2) is 23.5 Å². The Labute approximate surface area is 166 Å². The molecule has 138 valence electrons. The highest BCUT2D eigenvalue weighted by molar-refractivity contribution is 6.48. The van der Waals surface area contributed by atoms with Gasteiger partial charge in [0.2, 0.25) is 0 Å². The van der Waals surface area contributed by atoms with Gasteiger partial charge in [-0.15, -0.1) is 0 Å². The normalized spacial score (nSPS) is 11.7. The Morgan fingerprint density at radius 2 is 1.85 bits per heavy atom. The quantitative estimate of drug-likeness (QED) is 0.656. The molecule has 1 aromatic heterocycles. The number of aromatic nitrogens is 1. The Kier molecular flexibility index (Phi) is 7.69. The van der Waals surface area contributed by atoms with Crippen molar-refractivity contribution in [2.24, 2.45) is 0 Å². The zero-order valence-corrected chi connectivity index (χ0v) is 16.2. The second-order valence-corrected chi connectivity index (χ2v) is 6.64. The summed E-state index contributed by atoms with van der Waals surface area (Å²) in [4.78, 5) is 28.0. The van der Waals surface area contributed by atoms with Gasteiger partial charge in [0.1, 0.15) is 0 Å². The number of benzene rings is 1. The predicted octanol–water partition coefficient (Wildman–Crippen LogP) is 4.86. The third-order valence-electron chi connectivity index (χ3n) is 3.56. The topological polar surface area (TPSA) is 68.3 Å². The summed E-state index contributed by atoms with van der Waals surface area (Å²) < 4.78 is 4.98. The number of hydrogen-bond donors (Lipinski definition) is 1. The van der Waals surface area contributed by atoms with Crippen LogP contribution >= 0.6 is 34.8 Å². The molecule has 0 aliphatic rings. The molecule has 0 aliphatic heterocycles. The molecule has 5 nitrogen and oxygen atoms in total. The maximum Gasteiger partial charge on any atom is 0.359 e. The largest absolute Gasteiger partial charge is 0.451 e. The van der Waals surface area contributed by atoms with Gasteiger partial charge in [-0.2, -0.15) is 0 Å². The molecule has 0 saturated carbocycles. The van der Waals surface area contributed by atoms with E-state index < -0.39 is 18.5 Å². The zero-order chi connectivity index (χ0) is 19.1. The van der Waals surface area contributed by atoms with Crippen LogP contribution in [0, 0.1) is 0 Å². The van der Waals surface area contributed by atoms with Crippen LogP contribution in [0.25, 0.3) is 0 Å². The Balaban J connectivity index is 1.97. The van der Waals surface area contributed by atoms with Crippen molar-refractivity contribution in [3.05, 3.63) is 62.9 Å². The van der Waals surface area contributed by atoms with Crippen LogP contribution in [-0.2, 0) is 9.53 Å². The van der Waals surface area contributed by atoms with Crippen molar-refractivity contribution in [3.8, 4) is 0 Å². The molecule has 1 atom stereocenters. The van der Waals surface area contributed by atoms with Crippen LogP contribution in [0.4, 0.5) is 0 Å². The predicted molar refractivity (Wildman–Crippen MR) is 102 cm³/mol. The molecule has 1 unspecified atom stereocenters. The Hall–Kier alpha value is -1.82. The lowest BCUT2D eigenvalue weighted by molar-refractivity contribution is -0.125. The van der Waals surface area contributed by atoms with E-state index in [2.05, 4.69) is 10.3 Å². The Bertz CT molecular complexity index is 785. The van der Waals surface area contributed by atoms with E-state index in [1.165, 1.54) is 6.20 Å². The third-order valence-corrected chi connectivity index (χ3v) is 4.80. The highest BCUT2D eigenvalue weighted by Crippen LogP contribution is 2.31. The average molecular weight is 416 g/mol. The van der Waals surface area contributed by atoms with E-state index in [4.69, 9.17) is 39.5 Å². The lowest BCUT2D eigenvalue weighted by Gasteiger charge is -2.18. The minimum atomic E-state index is -0.851. The summed E-state index contributed by atoms with van der Waals surface area (Å²) in [5.74, 6) is -1.27. The number of hydrogen-bond acceptors (Lipinski definition) is 4. The van der Waals surface area contributed by atoms with Gasteiger partial charge in [0.15, 0.2) is 12.3 Å². The van der Waals surface area contributed by atoms with E-state index in [0.29, 0.717) is 0 Å². The summed E-state index contributed by atoms with van der Waals surface area (Å²) in [6.07, 6.45) is 2.85. The van der Waals surface area contributed by atoms with Crippen molar-refractivity contribution in [2.75, 3.05) is 6.61 Å². The average Bonchev–Trinajstić information content (AvgIpc) is 2.64. The minimum absolute atomic E-state index is 0.00632. The van der Waals surface area contributed by atoms with Crippen molar-refractivity contribution < 1.29 is 14.3 Å². The SMILES string of the molecule is CCCC(NC(=O)COC(=O)c1ncc(Cl)c(Cl)c1Cl)c1ccccc1. The maximum absolute atomic E-state index is 12.2. The molecule has 0 radical (unpaired) electrons. The summed E-state index contributed by atoms with van der Waals surface area (Å²) in [7, 11) is 0. The second-order valence-electron chi connectivity index (χ2n) is 5.48. The monoisotopic (exact) mass is 414 g/mol. The van der Waals surface area contributed by atoms with Crippen molar-refractivity contribution in [1.29, 1.82) is 0 Å². The molecule has 0 aliphatic carbocycles. The van der Waals surface area contributed by atoms with Gasteiger partial charge in [0.05, 0.1) is 21.1 Å². The summed E-state index contributed by atoms with van der Waals surface area (Å²) in [5.41, 5.74) is 0.797. The third kappa shape index (κ3) is 5.34. The zero-order valence-electron chi connectivity index (χ0n) is 14.0. The molecule has 2 rings (SSSR count). The van der Waals surface area contributed by atoms with Crippen LogP contribution < -0.4 is 5.32 Å². The summed E-state index contributed by atoms with van der Waals surface area (Å²) >= 11 is 17.6. The molecule has 0 saturated heterocycles. The first-order valence-electron chi connectivity index (χ1n) is 7.95. The van der Waals surface area contributed by atoms with Gasteiger partial charge in [-0.25, -0.2) is 9.78 Å². The van der Waals surface area contributed by atoms with Gasteiger partial charge in [-0.3, -0.25) is 4.79 Å². The van der Waals surface area contributed by atoms with E-state index in [-0.39, 0.29) is 26.8 Å². The molecule has 0 spiro atoms. The summed E-state index contributed by atoms with van der Waals surface area (Å²) in [6.45, 7) is 1.57. The van der Waals surface area contributed by atoms with Gasteiger partial charge in [0.25, 0.3) is 5.91 Å². The van der Waals surface area contributed by atoms with Crippen LogP contribution in [0.5, 0.6) is 0 Å². The molecule has 1 aromatic carbocycles. The van der Waals surface area contributed by atoms with E-state index >= 15 is 0 Å². The lowest BCUT2D eigenvalue weighted by Crippen LogP contribution is -2.32. The number of esters is 1. The van der Waals surface area contributed by atoms with Crippen LogP contribution in [0.3, 0.4) is 0 Å². The standard InChI is InChI=1S/C18H17Cl3N2O3/c1-2-6-13(11-7-4-3-5-8-11)23-14(24)10-26-18(25)17-16(21)15(20)12(19)9-22-17/h3-5,7-9,13H,2,6,10H2,1H3,(H,23,24). The first-order valence-corrected chi connectivity index (χ1v) is 9.08. The van der Waals surface area contributed by atoms with Crippen LogP contribution in [0.2, 0.25) is 15.1 Å². The maximum atomic E-state index is 12.2. The number of amides is 1. The van der Waals surface area contributed by atoms with Gasteiger partial charge in [-0.1, -0.05) is 78.5 Å². The molecule has 0 bridgehead atoms. The second kappa shape index (κ2) is 9.76. The van der Waals surface area contributed by atoms with Crippen LogP contribution in [0.1, 0.15) is 41.9 Å². The van der Waals surface area contributed by atoms with Crippen LogP contribution in [0.15, 0.2) is 36.5 Å². The number of carbonyl (C=O) groups excluding carboxylic acids is 2. The number of nitrogens with one attached hydrogen (secondary N) is 1. The molecule has 8 heteroatoms. The Morgan fingerprint density at radius 1 is 1.15 bits per heavy atom. The number of ether oxygens (including phenoxy) is 1. The molecular weight excluding hydrogens is 399 g/mol. The van der Waals surface area contributed by atoms with Gasteiger partial charge in [-0.05, 0) is 12.0 Å². The van der Waals surface area contributed by atoms with E-state index in [1.807, 2.05) is 37.3 Å².